The van der Waals surface area contributed by atoms with Crippen molar-refractivity contribution in [1.82, 2.24) is 19.9 Å². The molecule has 132 valence electrons. The summed E-state index contributed by atoms with van der Waals surface area (Å²) in [6, 6.07) is 10.3. The first-order chi connectivity index (χ1) is 12.8. The summed E-state index contributed by atoms with van der Waals surface area (Å²) in [4.78, 5) is 28.4. The van der Waals surface area contributed by atoms with Crippen LogP contribution in [0.15, 0.2) is 40.6 Å². The minimum absolute atomic E-state index is 0.0502. The predicted molar refractivity (Wildman–Crippen MR) is 102 cm³/mol. The third-order valence-corrected chi connectivity index (χ3v) is 6.00. The van der Waals surface area contributed by atoms with Gasteiger partial charge in [0.1, 0.15) is 5.82 Å². The lowest BCUT2D eigenvalue weighted by Gasteiger charge is -2.27. The van der Waals surface area contributed by atoms with E-state index in [1.54, 1.807) is 11.3 Å². The Morgan fingerprint density at radius 1 is 1.23 bits per heavy atom. The highest BCUT2D eigenvalue weighted by molar-refractivity contribution is 7.10. The number of hydrogen-bond acceptors (Lipinski definition) is 5. The van der Waals surface area contributed by atoms with E-state index in [4.69, 9.17) is 4.98 Å². The molecular formula is C20H20N4OS. The van der Waals surface area contributed by atoms with Crippen LogP contribution in [-0.2, 0) is 19.5 Å². The molecule has 6 heteroatoms. The maximum atomic E-state index is 12.5. The highest BCUT2D eigenvalue weighted by Crippen LogP contribution is 2.38. The first kappa shape index (κ1) is 15.9. The predicted octanol–water partition coefficient (Wildman–Crippen LogP) is 3.33. The van der Waals surface area contributed by atoms with E-state index in [0.29, 0.717) is 12.5 Å². The molecule has 0 atom stereocenters. The van der Waals surface area contributed by atoms with Gasteiger partial charge in [0.25, 0.3) is 5.56 Å². The second-order valence-electron chi connectivity index (χ2n) is 7.10. The molecule has 1 aromatic carbocycles. The van der Waals surface area contributed by atoms with Gasteiger partial charge >= 0.3 is 0 Å². The summed E-state index contributed by atoms with van der Waals surface area (Å²) in [6.45, 7) is 2.41. The number of aromatic amines is 1. The second-order valence-corrected chi connectivity index (χ2v) is 8.04. The van der Waals surface area contributed by atoms with Crippen molar-refractivity contribution in [2.24, 2.45) is 0 Å². The minimum Gasteiger partial charge on any atom is -0.310 e. The monoisotopic (exact) mass is 364 g/mol. The van der Waals surface area contributed by atoms with E-state index in [-0.39, 0.29) is 5.56 Å². The molecule has 26 heavy (non-hydrogen) atoms. The quantitative estimate of drug-likeness (QED) is 0.771. The van der Waals surface area contributed by atoms with Gasteiger partial charge in [-0.1, -0.05) is 30.3 Å². The lowest BCUT2D eigenvalue weighted by molar-refractivity contribution is 0.243. The summed E-state index contributed by atoms with van der Waals surface area (Å²) in [7, 11) is 0. The summed E-state index contributed by atoms with van der Waals surface area (Å²) in [5.74, 6) is 1.38. The Morgan fingerprint density at radius 3 is 2.88 bits per heavy atom. The molecular weight excluding hydrogens is 344 g/mol. The van der Waals surface area contributed by atoms with Crippen molar-refractivity contribution in [2.75, 3.05) is 6.54 Å². The van der Waals surface area contributed by atoms with E-state index in [1.807, 2.05) is 23.7 Å². The van der Waals surface area contributed by atoms with Gasteiger partial charge in [0.15, 0.2) is 0 Å². The fraction of sp³-hybridized carbons (Fsp3) is 0.350. The lowest BCUT2D eigenvalue weighted by Crippen LogP contribution is -2.35. The van der Waals surface area contributed by atoms with Crippen LogP contribution in [0, 0.1) is 0 Å². The Kier molecular flexibility index (Phi) is 3.94. The number of hydrogen-bond donors (Lipinski definition) is 1. The van der Waals surface area contributed by atoms with E-state index >= 15 is 0 Å². The van der Waals surface area contributed by atoms with Crippen LogP contribution in [0.25, 0.3) is 11.3 Å². The van der Waals surface area contributed by atoms with Gasteiger partial charge in [-0.15, -0.1) is 11.3 Å². The number of benzene rings is 1. The Balaban J connectivity index is 1.38. The number of fused-ring (bicyclic) bond motifs is 1. The Morgan fingerprint density at radius 2 is 2.08 bits per heavy atom. The van der Waals surface area contributed by atoms with Crippen LogP contribution in [-0.4, -0.2) is 26.4 Å². The van der Waals surface area contributed by atoms with Gasteiger partial charge in [0, 0.05) is 42.4 Å². The molecule has 1 aliphatic heterocycles. The zero-order valence-corrected chi connectivity index (χ0v) is 15.3. The topological polar surface area (TPSA) is 61.9 Å². The minimum atomic E-state index is 0.0502. The molecule has 3 heterocycles. The number of thiazole rings is 1. The number of H-pyrrole nitrogens is 1. The van der Waals surface area contributed by atoms with Crippen molar-refractivity contribution >= 4 is 11.3 Å². The van der Waals surface area contributed by atoms with Crippen LogP contribution < -0.4 is 5.56 Å². The molecule has 0 radical (unpaired) electrons. The average molecular weight is 364 g/mol. The SMILES string of the molecule is O=c1[nH]c(C2CC2)nc2c1CN(Cc1scnc1-c1ccccc1)CC2. The summed E-state index contributed by atoms with van der Waals surface area (Å²) >= 11 is 1.68. The Labute approximate surface area is 155 Å². The normalized spacial score (nSPS) is 17.2. The van der Waals surface area contributed by atoms with Crippen LogP contribution in [0.3, 0.4) is 0 Å². The first-order valence-electron chi connectivity index (χ1n) is 9.10. The smallest absolute Gasteiger partial charge is 0.255 e. The molecule has 2 aliphatic rings. The Bertz CT molecular complexity index is 991. The number of nitrogens with one attached hydrogen (secondary N) is 1. The van der Waals surface area contributed by atoms with E-state index in [2.05, 4.69) is 27.0 Å². The van der Waals surface area contributed by atoms with Crippen LogP contribution in [0.2, 0.25) is 0 Å². The molecule has 1 aliphatic carbocycles. The van der Waals surface area contributed by atoms with Crippen molar-refractivity contribution in [3.05, 3.63) is 68.2 Å². The molecule has 0 spiro atoms. The van der Waals surface area contributed by atoms with Crippen LogP contribution >= 0.6 is 11.3 Å². The van der Waals surface area contributed by atoms with Crippen molar-refractivity contribution in [2.45, 2.75) is 38.3 Å². The fourth-order valence-corrected chi connectivity index (χ4v) is 4.43. The number of nitrogens with zero attached hydrogens (tertiary/aromatic N) is 3. The molecule has 1 fully saturated rings. The maximum Gasteiger partial charge on any atom is 0.255 e. The third kappa shape index (κ3) is 2.99. The highest BCUT2D eigenvalue weighted by atomic mass is 32.1. The van der Waals surface area contributed by atoms with Crippen molar-refractivity contribution in [3.63, 3.8) is 0 Å². The van der Waals surface area contributed by atoms with Gasteiger partial charge in [-0.25, -0.2) is 9.97 Å². The average Bonchev–Trinajstić information content (AvgIpc) is 3.42. The molecule has 5 rings (SSSR count). The zero-order chi connectivity index (χ0) is 17.5. The molecule has 3 aromatic rings. The molecule has 5 nitrogen and oxygen atoms in total. The van der Waals surface area contributed by atoms with Gasteiger partial charge in [-0.3, -0.25) is 9.69 Å². The molecule has 1 N–H and O–H groups in total. The standard InChI is InChI=1S/C20H20N4OS/c25-20-15-10-24(9-8-16(15)22-19(23-20)14-6-7-14)11-17-18(21-12-26-17)13-4-2-1-3-5-13/h1-5,12,14H,6-11H2,(H,22,23,25). The van der Waals surface area contributed by atoms with Crippen molar-refractivity contribution in [3.8, 4) is 11.3 Å². The van der Waals surface area contributed by atoms with E-state index in [9.17, 15) is 4.79 Å². The van der Waals surface area contributed by atoms with Gasteiger partial charge in [0.05, 0.1) is 22.5 Å². The number of rotatable bonds is 4. The molecule has 0 saturated heterocycles. The molecule has 2 aromatic heterocycles. The summed E-state index contributed by atoms with van der Waals surface area (Å²) in [5, 5.41) is 0. The summed E-state index contributed by atoms with van der Waals surface area (Å²) < 4.78 is 0. The van der Waals surface area contributed by atoms with E-state index in [1.165, 1.54) is 4.88 Å². The molecule has 0 amide bonds. The second kappa shape index (κ2) is 6.45. The summed E-state index contributed by atoms with van der Waals surface area (Å²) in [5.41, 5.74) is 6.00. The zero-order valence-electron chi connectivity index (χ0n) is 14.4. The maximum absolute atomic E-state index is 12.5. The molecule has 0 unspecified atom stereocenters. The summed E-state index contributed by atoms with van der Waals surface area (Å²) in [6.07, 6.45) is 3.15. The third-order valence-electron chi connectivity index (χ3n) is 5.19. The lowest BCUT2D eigenvalue weighted by atomic mass is 10.1. The highest BCUT2D eigenvalue weighted by Gasteiger charge is 2.29. The van der Waals surface area contributed by atoms with Crippen molar-refractivity contribution < 1.29 is 0 Å². The van der Waals surface area contributed by atoms with Gasteiger partial charge < -0.3 is 4.98 Å². The molecule has 0 bridgehead atoms. The van der Waals surface area contributed by atoms with Crippen LogP contribution in [0.1, 0.15) is 40.7 Å². The number of aromatic nitrogens is 3. The van der Waals surface area contributed by atoms with Crippen molar-refractivity contribution in [1.29, 1.82) is 0 Å². The largest absolute Gasteiger partial charge is 0.310 e. The van der Waals surface area contributed by atoms with Gasteiger partial charge in [-0.2, -0.15) is 0 Å². The van der Waals surface area contributed by atoms with Crippen LogP contribution in [0.5, 0.6) is 0 Å². The fourth-order valence-electron chi connectivity index (χ4n) is 3.60. The first-order valence-corrected chi connectivity index (χ1v) is 9.98. The molecule has 1 saturated carbocycles. The van der Waals surface area contributed by atoms with E-state index in [0.717, 1.165) is 60.7 Å². The van der Waals surface area contributed by atoms with Gasteiger partial charge in [0.2, 0.25) is 0 Å². The van der Waals surface area contributed by atoms with Gasteiger partial charge in [-0.05, 0) is 12.8 Å². The Hall–Kier alpha value is -2.31. The van der Waals surface area contributed by atoms with E-state index < -0.39 is 0 Å². The van der Waals surface area contributed by atoms with Crippen LogP contribution in [0.4, 0.5) is 0 Å².